The third kappa shape index (κ3) is 17.7. The molecule has 0 nitrogen and oxygen atoms in total. The maximum atomic E-state index is 4.45. The summed E-state index contributed by atoms with van der Waals surface area (Å²) in [4.78, 5) is 0. The van der Waals surface area contributed by atoms with Gasteiger partial charge in [-0.3, -0.25) is 0 Å². The van der Waals surface area contributed by atoms with E-state index < -0.39 is 0 Å². The van der Waals surface area contributed by atoms with Crippen molar-refractivity contribution >= 4 is 113 Å². The van der Waals surface area contributed by atoms with E-state index in [1.54, 1.807) is 0 Å². The van der Waals surface area contributed by atoms with Crippen LogP contribution in [0.3, 0.4) is 0 Å². The number of hydrogen-bond acceptors (Lipinski definition) is 0. The summed E-state index contributed by atoms with van der Waals surface area (Å²) in [5.41, 5.74) is 0. The predicted molar refractivity (Wildman–Crippen MR) is 29.1 cm³/mol. The van der Waals surface area contributed by atoms with Crippen molar-refractivity contribution in [2.24, 2.45) is 0 Å². The second-order valence-electron chi connectivity index (χ2n) is 0. The van der Waals surface area contributed by atoms with E-state index >= 15 is 0 Å². The van der Waals surface area contributed by atoms with Crippen molar-refractivity contribution in [2.75, 3.05) is 0 Å². The SMILES string of the molecule is ClBr.[CsH].[La].[LiH]. The molecule has 0 aliphatic carbocycles. The molecular formula is H2BrClCsLaLi. The summed E-state index contributed by atoms with van der Waals surface area (Å²) in [6, 6.07) is 0. The molecule has 0 heterocycles. The van der Waals surface area contributed by atoms with Crippen molar-refractivity contribution in [2.45, 2.75) is 0 Å². The fourth-order valence-corrected chi connectivity index (χ4v) is 0. The van der Waals surface area contributed by atoms with Crippen LogP contribution in [0.1, 0.15) is 0 Å². The van der Waals surface area contributed by atoms with Gasteiger partial charge in [-0.15, -0.1) is 0 Å². The molecule has 0 amide bonds. The molecule has 1 radical (unpaired) electrons. The maximum absolute atomic E-state index is 4.45. The molecule has 0 fully saturated rings. The first-order valence-corrected chi connectivity index (χ1v) is 2.23. The van der Waals surface area contributed by atoms with Gasteiger partial charge in [0, 0.05) is 50.6 Å². The second kappa shape index (κ2) is 23.5. The zero-order valence-electron chi connectivity index (χ0n) is 1.33. The molecule has 0 N–H and O–H groups in total. The first-order valence-electron chi connectivity index (χ1n) is 0.143. The van der Waals surface area contributed by atoms with E-state index in [0.29, 0.717) is 0 Å². The van der Waals surface area contributed by atoms with Crippen molar-refractivity contribution < 1.29 is 35.6 Å². The molecule has 0 bridgehead atoms. The molecule has 0 atom stereocenters. The molecule has 0 aromatic carbocycles. The van der Waals surface area contributed by atoms with Crippen LogP contribution in [0.4, 0.5) is 0 Å². The van der Waals surface area contributed by atoms with Crippen molar-refractivity contribution in [1.29, 1.82) is 0 Å². The Bertz CT molecular complexity index is 11.6. The van der Waals surface area contributed by atoms with Crippen molar-refractivity contribution in [3.05, 3.63) is 0 Å². The van der Waals surface area contributed by atoms with Gasteiger partial charge >= 0.3 is 87.8 Å². The third-order valence-electron chi connectivity index (χ3n) is 0. The molecular weight excluding hydrogens is 394 g/mol. The van der Waals surface area contributed by atoms with Gasteiger partial charge < -0.3 is 0 Å². The molecule has 0 saturated carbocycles. The fourth-order valence-electron chi connectivity index (χ4n) is 0. The van der Waals surface area contributed by atoms with E-state index in [9.17, 15) is 0 Å². The molecule has 0 rings (SSSR count). The van der Waals surface area contributed by atoms with Crippen molar-refractivity contribution in [3.8, 4) is 0 Å². The molecule has 0 saturated heterocycles. The van der Waals surface area contributed by atoms with Gasteiger partial charge in [0.05, 0.1) is 0 Å². The Kier molecular flexibility index (Phi) is 106. The summed E-state index contributed by atoms with van der Waals surface area (Å²) in [5.74, 6) is 0. The van der Waals surface area contributed by atoms with Crippen molar-refractivity contribution in [1.82, 2.24) is 0 Å². The molecule has 0 aliphatic heterocycles. The Labute approximate surface area is 143 Å². The van der Waals surface area contributed by atoms with Gasteiger partial charge in [-0.2, -0.15) is 0 Å². The van der Waals surface area contributed by atoms with E-state index in [1.165, 1.54) is 0 Å². The average molecular weight is 396 g/mol. The number of rotatable bonds is 0. The summed E-state index contributed by atoms with van der Waals surface area (Å²) in [5, 5.41) is 0. The van der Waals surface area contributed by atoms with E-state index in [0.717, 1.165) is 0 Å². The predicted octanol–water partition coefficient (Wildman–Crippen LogP) is 0.238. The average Bonchev–Trinajstić information content (AvgIpc) is 1.00. The van der Waals surface area contributed by atoms with Gasteiger partial charge in [0.25, 0.3) is 0 Å². The summed E-state index contributed by atoms with van der Waals surface area (Å²) in [7, 11) is 4.45. The quantitative estimate of drug-likeness (QED) is 0.515. The Morgan fingerprint density at radius 1 is 1.20 bits per heavy atom. The molecule has 0 aromatic rings. The molecule has 0 spiro atoms. The zero-order valence-corrected chi connectivity index (χ0v) is 7.30. The number of hydrogen-bond donors (Lipinski definition) is 0. The fraction of sp³-hybridized carbons (Fsp3) is 0. The second-order valence-corrected chi connectivity index (χ2v) is 0. The minimum atomic E-state index is 0. The normalized spacial score (nSPS) is 1.20. The minimum absolute atomic E-state index is 0. The van der Waals surface area contributed by atoms with E-state index in [1.807, 2.05) is 0 Å². The van der Waals surface area contributed by atoms with E-state index in [-0.39, 0.29) is 123 Å². The summed E-state index contributed by atoms with van der Waals surface area (Å²) >= 11 is 2.41. The first kappa shape index (κ1) is 22.6. The van der Waals surface area contributed by atoms with Crippen LogP contribution in [0.5, 0.6) is 0 Å². The van der Waals surface area contributed by atoms with Crippen LogP contribution in [0.2, 0.25) is 0 Å². The standard InChI is InChI=1S/BrCl.Cs.La.Li.2H/c1-2;;;;;. The molecule has 5 heavy (non-hydrogen) atoms. The third-order valence-corrected chi connectivity index (χ3v) is 0. The molecule has 21 valence electrons. The van der Waals surface area contributed by atoms with Crippen molar-refractivity contribution in [3.63, 3.8) is 0 Å². The Morgan fingerprint density at radius 3 is 1.20 bits per heavy atom. The van der Waals surface area contributed by atoms with Crippen LogP contribution in [0.15, 0.2) is 0 Å². The number of halogens is 2. The molecule has 0 aliphatic rings. The van der Waals surface area contributed by atoms with Gasteiger partial charge in [-0.25, -0.2) is 0 Å². The topological polar surface area (TPSA) is 0 Å². The van der Waals surface area contributed by atoms with Gasteiger partial charge in [0.1, 0.15) is 0 Å². The molecule has 0 unspecified atom stereocenters. The van der Waals surface area contributed by atoms with Gasteiger partial charge in [-0.1, -0.05) is 0 Å². The van der Waals surface area contributed by atoms with Crippen LogP contribution >= 0.6 is 25.1 Å². The monoisotopic (exact) mass is 395 g/mol. The summed E-state index contributed by atoms with van der Waals surface area (Å²) in [6.07, 6.45) is 0. The van der Waals surface area contributed by atoms with Gasteiger partial charge in [0.2, 0.25) is 0 Å². The first-order chi connectivity index (χ1) is 1.00. The Balaban J connectivity index is -0.00000000167. The van der Waals surface area contributed by atoms with E-state index in [2.05, 4.69) is 25.1 Å². The molecule has 5 heteroatoms. The molecule has 0 aromatic heterocycles. The van der Waals surface area contributed by atoms with E-state index in [4.69, 9.17) is 0 Å². The van der Waals surface area contributed by atoms with Crippen LogP contribution in [0.25, 0.3) is 0 Å². The summed E-state index contributed by atoms with van der Waals surface area (Å²) < 4.78 is 0. The Morgan fingerprint density at radius 2 is 1.20 bits per heavy atom. The van der Waals surface area contributed by atoms with Gasteiger partial charge in [0.15, 0.2) is 0 Å². The van der Waals surface area contributed by atoms with Crippen LogP contribution in [0, 0.1) is 35.6 Å². The van der Waals surface area contributed by atoms with Gasteiger partial charge in [-0.05, 0) is 10.1 Å². The zero-order chi connectivity index (χ0) is 2.00. The van der Waals surface area contributed by atoms with Crippen LogP contribution in [-0.2, 0) is 0 Å². The van der Waals surface area contributed by atoms with Crippen LogP contribution < -0.4 is 0 Å². The van der Waals surface area contributed by atoms with Crippen LogP contribution in [-0.4, -0.2) is 87.8 Å². The Hall–Kier alpha value is 4.61. The summed E-state index contributed by atoms with van der Waals surface area (Å²) in [6.45, 7) is 0.